The number of pyridine rings is 1. The zero-order chi connectivity index (χ0) is 24.9. The van der Waals surface area contributed by atoms with Crippen molar-refractivity contribution in [3.05, 3.63) is 88.1 Å². The molecule has 3 aromatic rings. The zero-order valence-electron chi connectivity index (χ0n) is 20.1. The molecule has 35 heavy (non-hydrogen) atoms. The molecule has 7 heteroatoms. The van der Waals surface area contributed by atoms with Crippen molar-refractivity contribution in [2.24, 2.45) is 5.41 Å². The van der Waals surface area contributed by atoms with Gasteiger partial charge in [-0.3, -0.25) is 10.2 Å². The highest BCUT2D eigenvalue weighted by Crippen LogP contribution is 2.53. The van der Waals surface area contributed by atoms with E-state index in [2.05, 4.69) is 30.3 Å². The van der Waals surface area contributed by atoms with E-state index in [-0.39, 0.29) is 28.3 Å². The van der Waals surface area contributed by atoms with Gasteiger partial charge < -0.3 is 11.5 Å². The number of nitrogens with zero attached hydrogens (tertiary/aromatic N) is 3. The summed E-state index contributed by atoms with van der Waals surface area (Å²) >= 11 is 0. The van der Waals surface area contributed by atoms with Gasteiger partial charge >= 0.3 is 0 Å². The van der Waals surface area contributed by atoms with Crippen LogP contribution in [0, 0.1) is 23.7 Å². The van der Waals surface area contributed by atoms with Crippen LogP contribution in [0.3, 0.4) is 0 Å². The highest BCUT2D eigenvalue weighted by molar-refractivity contribution is 6.03. The molecule has 1 aliphatic heterocycles. The van der Waals surface area contributed by atoms with E-state index < -0.39 is 5.92 Å². The van der Waals surface area contributed by atoms with Crippen LogP contribution in [0.25, 0.3) is 0 Å². The second kappa shape index (κ2) is 8.17. The van der Waals surface area contributed by atoms with Crippen LogP contribution in [0.15, 0.2) is 65.9 Å². The number of aromatic nitrogens is 1. The average Bonchev–Trinajstić information content (AvgIpc) is 2.81. The molecule has 5 rings (SSSR count). The summed E-state index contributed by atoms with van der Waals surface area (Å²) in [5, 5.41) is 11.6. The van der Waals surface area contributed by atoms with E-state index in [1.54, 1.807) is 0 Å². The fourth-order valence-corrected chi connectivity index (χ4v) is 5.15. The van der Waals surface area contributed by atoms with E-state index >= 15 is 0 Å². The lowest BCUT2D eigenvalue weighted by Crippen LogP contribution is -2.43. The molecule has 7 nitrogen and oxygen atoms in total. The molecule has 176 valence electrons. The Morgan fingerprint density at radius 2 is 1.77 bits per heavy atom. The summed E-state index contributed by atoms with van der Waals surface area (Å²) in [6, 6.07) is 19.9. The van der Waals surface area contributed by atoms with Gasteiger partial charge in [0.2, 0.25) is 0 Å². The Balaban J connectivity index is 1.84. The number of rotatable bonds is 3. The number of allylic oxidation sites excluding steroid dienone is 2. The molecule has 0 amide bonds. The highest BCUT2D eigenvalue weighted by atomic mass is 16.1. The van der Waals surface area contributed by atoms with Crippen molar-refractivity contribution in [1.82, 2.24) is 4.98 Å². The van der Waals surface area contributed by atoms with Crippen LogP contribution in [-0.2, 0) is 4.79 Å². The molecule has 0 saturated heterocycles. The van der Waals surface area contributed by atoms with Crippen LogP contribution in [0.2, 0.25) is 0 Å². The van der Waals surface area contributed by atoms with Crippen LogP contribution >= 0.6 is 0 Å². The van der Waals surface area contributed by atoms with Gasteiger partial charge in [0.15, 0.2) is 11.6 Å². The van der Waals surface area contributed by atoms with Gasteiger partial charge in [0.05, 0.1) is 17.1 Å². The van der Waals surface area contributed by atoms with Crippen molar-refractivity contribution >= 4 is 28.8 Å². The number of nitrogen functional groups attached to an aromatic ring is 2. The minimum absolute atomic E-state index is 0.0664. The lowest BCUT2D eigenvalue weighted by molar-refractivity contribution is -0.118. The minimum atomic E-state index is -0.446. The first-order valence-corrected chi connectivity index (χ1v) is 11.6. The first-order chi connectivity index (χ1) is 16.7. The number of hydrogen-bond donors (Lipinski definition) is 3. The monoisotopic (exact) mass is 464 g/mol. The Morgan fingerprint density at radius 1 is 1.09 bits per heavy atom. The number of anilines is 4. The van der Waals surface area contributed by atoms with Gasteiger partial charge in [-0.15, -0.1) is 0 Å². The molecule has 1 atom stereocenters. The highest BCUT2D eigenvalue weighted by Gasteiger charge is 2.45. The lowest BCUT2D eigenvalue weighted by Gasteiger charge is -2.44. The first-order valence-electron chi connectivity index (χ1n) is 11.6. The number of fused-ring (bicyclic) bond motifs is 1. The molecular formula is C28H28N6O. The third kappa shape index (κ3) is 3.77. The number of carbonyl (C=O) groups excluding carboxylic acids is 1. The molecule has 1 unspecified atom stereocenters. The molecule has 2 heterocycles. The normalized spacial score (nSPS) is 18.5. The van der Waals surface area contributed by atoms with Crippen LogP contribution in [-0.4, -0.2) is 10.8 Å². The number of carbonyl (C=O) groups is 1. The summed E-state index contributed by atoms with van der Waals surface area (Å²) in [4.78, 5) is 18.4. The maximum Gasteiger partial charge on any atom is 0.162 e. The Labute approximate surface area is 205 Å². The number of benzene rings is 2. The van der Waals surface area contributed by atoms with Crippen molar-refractivity contribution in [2.45, 2.75) is 39.5 Å². The topological polar surface area (TPSA) is 121 Å². The van der Waals surface area contributed by atoms with Crippen LogP contribution < -0.4 is 21.9 Å². The van der Waals surface area contributed by atoms with E-state index in [4.69, 9.17) is 11.5 Å². The van der Waals surface area contributed by atoms with Gasteiger partial charge in [-0.2, -0.15) is 5.26 Å². The Kier molecular flexibility index (Phi) is 5.25. The molecular weight excluding hydrogens is 436 g/mol. The average molecular weight is 465 g/mol. The number of hydrogen-bond acceptors (Lipinski definition) is 7. The Morgan fingerprint density at radius 3 is 2.43 bits per heavy atom. The second-order valence-electron chi connectivity index (χ2n) is 10.1. The first kappa shape index (κ1) is 22.5. The number of hydrazine groups is 1. The van der Waals surface area contributed by atoms with Crippen molar-refractivity contribution in [1.29, 1.82) is 5.26 Å². The van der Waals surface area contributed by atoms with Crippen LogP contribution in [0.4, 0.5) is 23.0 Å². The van der Waals surface area contributed by atoms with Gasteiger partial charge in [-0.25, -0.2) is 9.99 Å². The molecule has 0 bridgehead atoms. The van der Waals surface area contributed by atoms with Crippen LogP contribution in [0.1, 0.15) is 54.9 Å². The predicted octanol–water partition coefficient (Wildman–Crippen LogP) is 5.05. The molecule has 5 N–H and O–H groups in total. The number of nitriles is 1. The maximum atomic E-state index is 13.8. The standard InChI is InChI=1S/C28H28N6O/c1-16-9-11-17(12-10-16)22-23-20(13-28(2,3)14-21(23)35)34(33-18-7-5-4-6-8-18)27-24(22)25(30)19(15-29)26(31)32-27/h4-12,22,33H,13-14H2,1-3H3,(H4,30,31,32). The SMILES string of the molecule is Cc1ccc(C2C3=C(CC(C)(C)CC3=O)N(Nc3ccccc3)c3nc(N)c(C#N)c(N)c32)cc1. The summed E-state index contributed by atoms with van der Waals surface area (Å²) in [6.07, 6.45) is 1.09. The summed E-state index contributed by atoms with van der Waals surface area (Å²) in [5.41, 5.74) is 21.5. The van der Waals surface area contributed by atoms with Gasteiger partial charge in [-0.05, 0) is 36.5 Å². The van der Waals surface area contributed by atoms with Crippen molar-refractivity contribution in [3.8, 4) is 6.07 Å². The van der Waals surface area contributed by atoms with E-state index in [9.17, 15) is 10.1 Å². The van der Waals surface area contributed by atoms with Gasteiger partial charge in [0, 0.05) is 23.5 Å². The van der Waals surface area contributed by atoms with Gasteiger partial charge in [0.1, 0.15) is 17.5 Å². The second-order valence-corrected chi connectivity index (χ2v) is 10.1. The van der Waals surface area contributed by atoms with Crippen molar-refractivity contribution in [2.75, 3.05) is 21.9 Å². The smallest absolute Gasteiger partial charge is 0.162 e. The van der Waals surface area contributed by atoms with Gasteiger partial charge in [-0.1, -0.05) is 61.9 Å². The number of para-hydroxylation sites is 1. The maximum absolute atomic E-state index is 13.8. The Hall–Kier alpha value is -4.31. The summed E-state index contributed by atoms with van der Waals surface area (Å²) < 4.78 is 0. The van der Waals surface area contributed by atoms with E-state index in [1.807, 2.05) is 66.5 Å². The summed E-state index contributed by atoms with van der Waals surface area (Å²) in [6.45, 7) is 6.22. The molecule has 0 radical (unpaired) electrons. The van der Waals surface area contributed by atoms with E-state index in [0.29, 0.717) is 29.8 Å². The summed E-state index contributed by atoms with van der Waals surface area (Å²) in [5.74, 6) is 0.203. The largest absolute Gasteiger partial charge is 0.397 e. The molecule has 1 aromatic heterocycles. The quantitative estimate of drug-likeness (QED) is 0.496. The number of nitrogens with two attached hydrogens (primary N) is 2. The summed E-state index contributed by atoms with van der Waals surface area (Å²) in [7, 11) is 0. The third-order valence-corrected chi connectivity index (χ3v) is 6.78. The fourth-order valence-electron chi connectivity index (χ4n) is 5.15. The third-order valence-electron chi connectivity index (χ3n) is 6.78. The molecule has 0 fully saturated rings. The number of ketones is 1. The number of nitrogens with one attached hydrogen (secondary N) is 1. The molecule has 1 aliphatic carbocycles. The molecule has 2 aromatic carbocycles. The Bertz CT molecular complexity index is 1400. The molecule has 0 spiro atoms. The fraction of sp³-hybridized carbons (Fsp3) is 0.250. The predicted molar refractivity (Wildman–Crippen MR) is 138 cm³/mol. The molecule has 0 saturated carbocycles. The van der Waals surface area contributed by atoms with Crippen LogP contribution in [0.5, 0.6) is 0 Å². The van der Waals surface area contributed by atoms with E-state index in [1.165, 1.54) is 0 Å². The van der Waals surface area contributed by atoms with Crippen molar-refractivity contribution in [3.63, 3.8) is 0 Å². The number of aryl methyl sites for hydroxylation is 1. The lowest BCUT2D eigenvalue weighted by atomic mass is 9.68. The number of Topliss-reactive ketones (excluding diaryl/α,β-unsaturated/α-hetero) is 1. The van der Waals surface area contributed by atoms with E-state index in [0.717, 1.165) is 22.5 Å². The van der Waals surface area contributed by atoms with Gasteiger partial charge in [0.25, 0.3) is 0 Å². The minimum Gasteiger partial charge on any atom is -0.397 e. The zero-order valence-corrected chi connectivity index (χ0v) is 20.1. The van der Waals surface area contributed by atoms with Crippen molar-refractivity contribution < 1.29 is 4.79 Å². The molecule has 2 aliphatic rings.